The van der Waals surface area contributed by atoms with Crippen molar-refractivity contribution < 1.29 is 18.0 Å². The summed E-state index contributed by atoms with van der Waals surface area (Å²) < 4.78 is 38.6. The van der Waals surface area contributed by atoms with Crippen molar-refractivity contribution in [3.8, 4) is 11.4 Å². The second kappa shape index (κ2) is 7.52. The number of aromatic nitrogens is 4. The van der Waals surface area contributed by atoms with E-state index < -0.39 is 11.7 Å². The minimum Gasteiger partial charge on any atom is -0.341 e. The summed E-state index contributed by atoms with van der Waals surface area (Å²) in [5.74, 6) is 1.31. The average Bonchev–Trinajstić information content (AvgIpc) is 3.15. The molecule has 0 N–H and O–H groups in total. The zero-order chi connectivity index (χ0) is 19.7. The molecule has 2 atom stereocenters. The lowest BCUT2D eigenvalue weighted by molar-refractivity contribution is -0.137. The molecule has 1 aliphatic heterocycles. The lowest BCUT2D eigenvalue weighted by Gasteiger charge is -2.41. The number of rotatable bonds is 3. The van der Waals surface area contributed by atoms with Gasteiger partial charge in [-0.3, -0.25) is 4.79 Å². The Kier molecular flexibility index (Phi) is 5.07. The Balaban J connectivity index is 1.42. The van der Waals surface area contributed by atoms with Gasteiger partial charge in [-0.15, -0.1) is 10.2 Å². The van der Waals surface area contributed by atoms with Crippen molar-refractivity contribution in [2.24, 2.45) is 11.8 Å². The first-order valence-electron chi connectivity index (χ1n) is 9.63. The summed E-state index contributed by atoms with van der Waals surface area (Å²) in [6.07, 6.45) is 1.56. The second-order valence-electron chi connectivity index (χ2n) is 7.66. The van der Waals surface area contributed by atoms with E-state index in [0.717, 1.165) is 42.4 Å². The number of hydrogen-bond acceptors (Lipinski definition) is 4. The van der Waals surface area contributed by atoms with Crippen LogP contribution in [0.4, 0.5) is 13.2 Å². The summed E-state index contributed by atoms with van der Waals surface area (Å²) in [7, 11) is 0. The molecule has 0 spiro atoms. The average molecular weight is 393 g/mol. The van der Waals surface area contributed by atoms with Gasteiger partial charge in [-0.1, -0.05) is 31.4 Å². The van der Waals surface area contributed by atoms with E-state index in [-0.39, 0.29) is 23.8 Å². The molecule has 1 saturated carbocycles. The Hall–Kier alpha value is -2.45. The number of fused-ring (bicyclic) bond motifs is 1. The Morgan fingerprint density at radius 1 is 1.14 bits per heavy atom. The molecular formula is C19H22F3N5O. The van der Waals surface area contributed by atoms with Gasteiger partial charge in [-0.2, -0.15) is 18.0 Å². The van der Waals surface area contributed by atoms with E-state index >= 15 is 0 Å². The van der Waals surface area contributed by atoms with Crippen LogP contribution in [0.1, 0.15) is 37.7 Å². The fourth-order valence-corrected chi connectivity index (χ4v) is 4.31. The van der Waals surface area contributed by atoms with Gasteiger partial charge in [0.05, 0.1) is 5.56 Å². The molecule has 1 aliphatic carbocycles. The van der Waals surface area contributed by atoms with Gasteiger partial charge in [0.1, 0.15) is 6.54 Å². The van der Waals surface area contributed by atoms with Crippen molar-refractivity contribution in [2.45, 2.75) is 44.8 Å². The van der Waals surface area contributed by atoms with E-state index in [1.807, 2.05) is 4.90 Å². The van der Waals surface area contributed by atoms with Crippen molar-refractivity contribution in [3.63, 3.8) is 0 Å². The van der Waals surface area contributed by atoms with E-state index in [0.29, 0.717) is 5.92 Å². The molecule has 0 radical (unpaired) electrons. The lowest BCUT2D eigenvalue weighted by atomic mass is 9.75. The molecule has 2 aromatic rings. The number of tetrazole rings is 1. The molecule has 1 amide bonds. The first-order valence-corrected chi connectivity index (χ1v) is 9.63. The summed E-state index contributed by atoms with van der Waals surface area (Å²) in [6, 6.07) is 4.77. The predicted molar refractivity (Wildman–Crippen MR) is 94.9 cm³/mol. The third-order valence-electron chi connectivity index (χ3n) is 5.82. The van der Waals surface area contributed by atoms with Crippen molar-refractivity contribution in [3.05, 3.63) is 29.8 Å². The summed E-state index contributed by atoms with van der Waals surface area (Å²) in [5.41, 5.74) is -0.552. The first kappa shape index (κ1) is 18.9. The maximum absolute atomic E-state index is 12.9. The summed E-state index contributed by atoms with van der Waals surface area (Å²) in [4.78, 5) is 15.6. The first-order chi connectivity index (χ1) is 13.4. The quantitative estimate of drug-likeness (QED) is 0.802. The molecule has 1 aromatic heterocycles. The van der Waals surface area contributed by atoms with Gasteiger partial charge in [0.25, 0.3) is 0 Å². The number of hydrogen-bond donors (Lipinski definition) is 0. The molecule has 150 valence electrons. The monoisotopic (exact) mass is 393 g/mol. The molecule has 9 heteroatoms. The Morgan fingerprint density at radius 3 is 2.71 bits per heavy atom. The van der Waals surface area contributed by atoms with Crippen molar-refractivity contribution in [1.29, 1.82) is 0 Å². The summed E-state index contributed by atoms with van der Waals surface area (Å²) in [6.45, 7) is 1.47. The number of carbonyl (C=O) groups excluding carboxylic acids is 1. The zero-order valence-corrected chi connectivity index (χ0v) is 15.4. The van der Waals surface area contributed by atoms with Crippen molar-refractivity contribution in [1.82, 2.24) is 25.1 Å². The van der Waals surface area contributed by atoms with Crippen LogP contribution in [0, 0.1) is 11.8 Å². The van der Waals surface area contributed by atoms with Crippen molar-refractivity contribution in [2.75, 3.05) is 13.1 Å². The third kappa shape index (κ3) is 4.02. The topological polar surface area (TPSA) is 63.9 Å². The van der Waals surface area contributed by atoms with E-state index in [9.17, 15) is 18.0 Å². The number of carbonyl (C=O) groups is 1. The highest BCUT2D eigenvalue weighted by Crippen LogP contribution is 2.36. The molecule has 0 bridgehead atoms. The largest absolute Gasteiger partial charge is 0.416 e. The molecule has 0 unspecified atom stereocenters. The summed E-state index contributed by atoms with van der Waals surface area (Å²) >= 11 is 0. The maximum Gasteiger partial charge on any atom is 0.416 e. The van der Waals surface area contributed by atoms with E-state index in [2.05, 4.69) is 15.4 Å². The van der Waals surface area contributed by atoms with Gasteiger partial charge < -0.3 is 4.90 Å². The Labute approximate surface area is 160 Å². The lowest BCUT2D eigenvalue weighted by Crippen LogP contribution is -2.46. The fraction of sp³-hybridized carbons (Fsp3) is 0.579. The number of nitrogens with zero attached hydrogens (tertiary/aromatic N) is 5. The maximum atomic E-state index is 12.9. The normalized spacial score (nSPS) is 22.8. The SMILES string of the molecule is O=C(Cn1nnc(-c2cccc(C(F)(F)F)c2)n1)N1CC[C@@H]2CCCC[C@H]2C1. The number of amides is 1. The minimum atomic E-state index is -4.44. The van der Waals surface area contributed by atoms with Gasteiger partial charge in [-0.25, -0.2) is 0 Å². The Bertz CT molecular complexity index is 850. The van der Waals surface area contributed by atoms with E-state index in [4.69, 9.17) is 0 Å². The smallest absolute Gasteiger partial charge is 0.341 e. The number of halogens is 3. The van der Waals surface area contributed by atoms with Crippen LogP contribution in [-0.4, -0.2) is 44.1 Å². The number of alkyl halides is 3. The van der Waals surface area contributed by atoms with Gasteiger partial charge in [0, 0.05) is 18.7 Å². The molecule has 2 aliphatic rings. The molecule has 1 aromatic carbocycles. The zero-order valence-electron chi connectivity index (χ0n) is 15.4. The molecule has 2 heterocycles. The van der Waals surface area contributed by atoms with Gasteiger partial charge in [0.2, 0.25) is 11.7 Å². The van der Waals surface area contributed by atoms with Crippen LogP contribution in [-0.2, 0) is 17.5 Å². The molecule has 6 nitrogen and oxygen atoms in total. The van der Waals surface area contributed by atoms with Crippen LogP contribution >= 0.6 is 0 Å². The molecule has 4 rings (SSSR count). The van der Waals surface area contributed by atoms with Gasteiger partial charge in [-0.05, 0) is 42.0 Å². The van der Waals surface area contributed by atoms with E-state index in [1.165, 1.54) is 37.8 Å². The Morgan fingerprint density at radius 2 is 1.93 bits per heavy atom. The number of benzene rings is 1. The molecule has 1 saturated heterocycles. The highest BCUT2D eigenvalue weighted by Gasteiger charge is 2.33. The molecular weight excluding hydrogens is 371 g/mol. The standard InChI is InChI=1S/C19H22F3N5O/c20-19(21,22)16-7-3-6-14(10-16)18-23-25-27(24-18)12-17(28)26-9-8-13-4-1-2-5-15(13)11-26/h3,6-7,10,13,15H,1-2,4-5,8-9,11-12H2/t13-,15-/m0/s1. The van der Waals surface area contributed by atoms with Crippen LogP contribution in [0.5, 0.6) is 0 Å². The van der Waals surface area contributed by atoms with Crippen LogP contribution in [0.15, 0.2) is 24.3 Å². The molecule has 2 fully saturated rings. The molecule has 28 heavy (non-hydrogen) atoms. The summed E-state index contributed by atoms with van der Waals surface area (Å²) in [5, 5.41) is 11.8. The van der Waals surface area contributed by atoms with Crippen LogP contribution in [0.2, 0.25) is 0 Å². The van der Waals surface area contributed by atoms with Crippen LogP contribution in [0.3, 0.4) is 0 Å². The van der Waals surface area contributed by atoms with Crippen LogP contribution in [0.25, 0.3) is 11.4 Å². The predicted octanol–water partition coefficient (Wildman–Crippen LogP) is 3.40. The highest BCUT2D eigenvalue weighted by atomic mass is 19.4. The minimum absolute atomic E-state index is 0.0522. The highest BCUT2D eigenvalue weighted by molar-refractivity contribution is 5.76. The fourth-order valence-electron chi connectivity index (χ4n) is 4.31. The second-order valence-corrected chi connectivity index (χ2v) is 7.66. The third-order valence-corrected chi connectivity index (χ3v) is 5.82. The van der Waals surface area contributed by atoms with Crippen molar-refractivity contribution >= 4 is 5.91 Å². The van der Waals surface area contributed by atoms with Gasteiger partial charge in [0.15, 0.2) is 0 Å². The number of piperidine rings is 1. The van der Waals surface area contributed by atoms with Gasteiger partial charge >= 0.3 is 6.18 Å². The van der Waals surface area contributed by atoms with E-state index in [1.54, 1.807) is 0 Å². The van der Waals surface area contributed by atoms with Crippen LogP contribution < -0.4 is 0 Å². The number of likely N-dealkylation sites (tertiary alicyclic amines) is 1.